The molecular weight excluding hydrogens is 679 g/mol. The second-order valence-electron chi connectivity index (χ2n) is 15.2. The van der Waals surface area contributed by atoms with Gasteiger partial charge in [0.2, 0.25) is 0 Å². The van der Waals surface area contributed by atoms with Gasteiger partial charge in [0, 0.05) is 19.3 Å². The highest BCUT2D eigenvalue weighted by atomic mass is 16.6. The lowest BCUT2D eigenvalue weighted by Gasteiger charge is -2.31. The monoisotopic (exact) mass is 759 g/mol. The first-order chi connectivity index (χ1) is 26.1. The third-order valence-corrected chi connectivity index (χ3v) is 9.18. The Kier molecular flexibility index (Phi) is 34.9. The molecule has 8 heteroatoms. The smallest absolute Gasteiger partial charge is 0.362 e. The molecule has 0 spiro atoms. The zero-order valence-electron chi connectivity index (χ0n) is 35.2. The SMILES string of the molecule is CC/C=C/C/C=C/C/C=C/CCCCCCCCCCCC(=O)OCC(COCCC(C(=O)O)[N+](C)(C)C)OC(=O)CCCCC/C=C/C=C/CCCC. The fraction of sp³-hybridized carbons (Fsp3) is 0.717. The standard InChI is InChI=1S/C46H79NO7/c1-6-8-10-12-14-16-18-19-20-21-22-23-24-25-27-28-30-32-34-36-44(48)53-41-42(40-52-39-38-43(46(50)51)47(3,4)5)54-45(49)37-35-33-31-29-26-17-15-13-11-9-7-2/h8,10,13-17,19-20,26,42-43H,6-7,9,11-12,18,21-25,27-41H2,1-5H3/p+1/b10-8+,15-13+,16-14+,20-19+,26-17+. The number of quaternary nitrogens is 1. The lowest BCUT2D eigenvalue weighted by molar-refractivity contribution is -0.887. The van der Waals surface area contributed by atoms with E-state index in [1.165, 1.54) is 51.4 Å². The van der Waals surface area contributed by atoms with Crippen molar-refractivity contribution < 1.29 is 38.2 Å². The first kappa shape index (κ1) is 51.0. The molecule has 2 atom stereocenters. The van der Waals surface area contributed by atoms with Crippen LogP contribution >= 0.6 is 0 Å². The molecule has 8 nitrogen and oxygen atoms in total. The van der Waals surface area contributed by atoms with E-state index in [2.05, 4.69) is 74.6 Å². The topological polar surface area (TPSA) is 99.1 Å². The minimum atomic E-state index is -0.883. The molecule has 0 aromatic heterocycles. The van der Waals surface area contributed by atoms with Crippen LogP contribution in [-0.4, -0.2) is 80.6 Å². The summed E-state index contributed by atoms with van der Waals surface area (Å²) in [7, 11) is 5.50. The van der Waals surface area contributed by atoms with E-state index in [0.717, 1.165) is 77.0 Å². The number of likely N-dealkylation sites (N-methyl/N-ethyl adjacent to an activating group) is 1. The van der Waals surface area contributed by atoms with E-state index in [1.807, 2.05) is 21.1 Å². The fourth-order valence-corrected chi connectivity index (χ4v) is 5.85. The van der Waals surface area contributed by atoms with Gasteiger partial charge in [-0.05, 0) is 64.2 Å². The van der Waals surface area contributed by atoms with E-state index in [9.17, 15) is 19.5 Å². The molecule has 0 saturated carbocycles. The van der Waals surface area contributed by atoms with Gasteiger partial charge in [-0.3, -0.25) is 9.59 Å². The van der Waals surface area contributed by atoms with E-state index in [4.69, 9.17) is 14.2 Å². The van der Waals surface area contributed by atoms with Crippen molar-refractivity contribution in [3.05, 3.63) is 60.8 Å². The van der Waals surface area contributed by atoms with E-state index in [0.29, 0.717) is 19.3 Å². The number of hydrogen-bond donors (Lipinski definition) is 1. The Bertz CT molecular complexity index is 1070. The minimum Gasteiger partial charge on any atom is -0.477 e. The van der Waals surface area contributed by atoms with Crippen LogP contribution in [0.1, 0.15) is 162 Å². The van der Waals surface area contributed by atoms with Gasteiger partial charge in [-0.2, -0.15) is 0 Å². The molecule has 0 radical (unpaired) electrons. The molecule has 0 saturated heterocycles. The summed E-state index contributed by atoms with van der Waals surface area (Å²) in [5.74, 6) is -1.52. The fourth-order valence-electron chi connectivity index (χ4n) is 5.85. The number of carboxylic acids is 1. The largest absolute Gasteiger partial charge is 0.477 e. The van der Waals surface area contributed by atoms with Crippen molar-refractivity contribution in [2.45, 2.75) is 174 Å². The molecule has 0 aliphatic carbocycles. The highest BCUT2D eigenvalue weighted by Gasteiger charge is 2.31. The van der Waals surface area contributed by atoms with Gasteiger partial charge in [-0.15, -0.1) is 0 Å². The average molecular weight is 759 g/mol. The molecule has 2 unspecified atom stereocenters. The normalized spacial score (nSPS) is 13.6. The van der Waals surface area contributed by atoms with Gasteiger partial charge in [-0.1, -0.05) is 139 Å². The predicted molar refractivity (Wildman–Crippen MR) is 224 cm³/mol. The maximum absolute atomic E-state index is 12.7. The van der Waals surface area contributed by atoms with Crippen molar-refractivity contribution in [3.63, 3.8) is 0 Å². The van der Waals surface area contributed by atoms with E-state index in [-0.39, 0.29) is 36.2 Å². The zero-order valence-corrected chi connectivity index (χ0v) is 35.2. The van der Waals surface area contributed by atoms with Crippen LogP contribution in [0.3, 0.4) is 0 Å². The predicted octanol–water partition coefficient (Wildman–Crippen LogP) is 11.4. The highest BCUT2D eigenvalue weighted by molar-refractivity contribution is 5.72. The number of ether oxygens (including phenoxy) is 3. The first-order valence-electron chi connectivity index (χ1n) is 21.3. The molecule has 0 aliphatic rings. The summed E-state index contributed by atoms with van der Waals surface area (Å²) in [6, 6.07) is -0.621. The minimum absolute atomic E-state index is 0.0464. The number of unbranched alkanes of at least 4 members (excludes halogenated alkanes) is 14. The van der Waals surface area contributed by atoms with Crippen LogP contribution in [0.25, 0.3) is 0 Å². The Hall–Kier alpha value is -2.97. The van der Waals surface area contributed by atoms with Crippen LogP contribution in [0, 0.1) is 0 Å². The maximum atomic E-state index is 12.7. The van der Waals surface area contributed by atoms with Gasteiger partial charge >= 0.3 is 17.9 Å². The summed E-state index contributed by atoms with van der Waals surface area (Å²) in [4.78, 5) is 36.9. The van der Waals surface area contributed by atoms with Crippen LogP contribution in [0.4, 0.5) is 0 Å². The summed E-state index contributed by atoms with van der Waals surface area (Å²) >= 11 is 0. The van der Waals surface area contributed by atoms with Gasteiger partial charge in [0.25, 0.3) is 0 Å². The van der Waals surface area contributed by atoms with Gasteiger partial charge < -0.3 is 23.8 Å². The number of allylic oxidation sites excluding steroid dienone is 10. The third kappa shape index (κ3) is 34.8. The van der Waals surface area contributed by atoms with Crippen LogP contribution < -0.4 is 0 Å². The molecule has 54 heavy (non-hydrogen) atoms. The number of esters is 2. The quantitative estimate of drug-likeness (QED) is 0.0221. The first-order valence-corrected chi connectivity index (χ1v) is 21.3. The second kappa shape index (κ2) is 37.0. The number of hydrogen-bond acceptors (Lipinski definition) is 6. The van der Waals surface area contributed by atoms with Crippen molar-refractivity contribution >= 4 is 17.9 Å². The third-order valence-electron chi connectivity index (χ3n) is 9.18. The molecule has 1 N–H and O–H groups in total. The average Bonchev–Trinajstić information content (AvgIpc) is 3.12. The summed E-state index contributed by atoms with van der Waals surface area (Å²) in [5.41, 5.74) is 0. The van der Waals surface area contributed by atoms with Crippen molar-refractivity contribution in [3.8, 4) is 0 Å². The molecular formula is C46H80NO7+. The number of carboxylic acid groups (broad SMARTS) is 1. The van der Waals surface area contributed by atoms with Crippen molar-refractivity contribution in [2.24, 2.45) is 0 Å². The van der Waals surface area contributed by atoms with E-state index < -0.39 is 18.1 Å². The van der Waals surface area contributed by atoms with Crippen molar-refractivity contribution in [1.82, 2.24) is 0 Å². The van der Waals surface area contributed by atoms with Crippen molar-refractivity contribution in [2.75, 3.05) is 41.0 Å². The molecule has 0 aliphatic heterocycles. The lowest BCUT2D eigenvalue weighted by atomic mass is 10.1. The Morgan fingerprint density at radius 1 is 0.593 bits per heavy atom. The molecule has 0 heterocycles. The van der Waals surface area contributed by atoms with Crippen molar-refractivity contribution in [1.29, 1.82) is 0 Å². The van der Waals surface area contributed by atoms with Crippen LogP contribution in [0.2, 0.25) is 0 Å². The van der Waals surface area contributed by atoms with Crippen LogP contribution in [0.15, 0.2) is 60.8 Å². The van der Waals surface area contributed by atoms with Gasteiger partial charge in [-0.25, -0.2) is 4.79 Å². The highest BCUT2D eigenvalue weighted by Crippen LogP contribution is 2.13. The van der Waals surface area contributed by atoms with Crippen LogP contribution in [-0.2, 0) is 28.6 Å². The number of rotatable bonds is 37. The molecule has 0 bridgehead atoms. The summed E-state index contributed by atoms with van der Waals surface area (Å²) in [6.07, 6.45) is 44.1. The summed E-state index contributed by atoms with van der Waals surface area (Å²) in [6.45, 7) is 4.52. The Morgan fingerprint density at radius 3 is 1.67 bits per heavy atom. The van der Waals surface area contributed by atoms with Gasteiger partial charge in [0.15, 0.2) is 12.1 Å². The van der Waals surface area contributed by atoms with Gasteiger partial charge in [0.1, 0.15) is 6.61 Å². The summed E-state index contributed by atoms with van der Waals surface area (Å²) < 4.78 is 17.2. The number of nitrogens with zero attached hydrogens (tertiary/aromatic N) is 1. The zero-order chi connectivity index (χ0) is 40.0. The van der Waals surface area contributed by atoms with Gasteiger partial charge in [0.05, 0.1) is 34.4 Å². The van der Waals surface area contributed by atoms with Crippen LogP contribution in [0.5, 0.6) is 0 Å². The Labute approximate surface area is 330 Å². The second-order valence-corrected chi connectivity index (χ2v) is 15.2. The number of carbonyl (C=O) groups excluding carboxylic acids is 2. The molecule has 0 aromatic carbocycles. The number of carbonyl (C=O) groups is 3. The van der Waals surface area contributed by atoms with E-state index >= 15 is 0 Å². The Balaban J connectivity index is 4.33. The Morgan fingerprint density at radius 2 is 1.09 bits per heavy atom. The maximum Gasteiger partial charge on any atom is 0.362 e. The van der Waals surface area contributed by atoms with E-state index in [1.54, 1.807) is 0 Å². The molecule has 0 amide bonds. The molecule has 0 fully saturated rings. The lowest BCUT2D eigenvalue weighted by Crippen LogP contribution is -2.50. The summed E-state index contributed by atoms with van der Waals surface area (Å²) in [5, 5.41) is 9.60. The molecule has 0 aromatic rings. The molecule has 0 rings (SSSR count). The molecule has 310 valence electrons. The number of aliphatic carboxylic acids is 1.